The predicted molar refractivity (Wildman–Crippen MR) is 132 cm³/mol. The van der Waals surface area contributed by atoms with Crippen molar-refractivity contribution in [3.63, 3.8) is 0 Å². The lowest BCUT2D eigenvalue weighted by atomic mass is 10.0. The number of nitrogens with one attached hydrogen (secondary N) is 1. The molecule has 0 saturated heterocycles. The van der Waals surface area contributed by atoms with Gasteiger partial charge in [-0.25, -0.2) is 4.98 Å². The number of thioether (sulfide) groups is 1. The second-order valence-electron chi connectivity index (χ2n) is 7.60. The molecule has 2 N–H and O–H groups in total. The van der Waals surface area contributed by atoms with Crippen molar-refractivity contribution in [2.24, 2.45) is 0 Å². The molecule has 2 aromatic heterocycles. The van der Waals surface area contributed by atoms with Crippen LogP contribution in [0.3, 0.4) is 0 Å². The first-order valence-electron chi connectivity index (χ1n) is 10.3. The smallest absolute Gasteiger partial charge is 0.235 e. The number of aromatic nitrogens is 3. The molecule has 11 heteroatoms. The van der Waals surface area contributed by atoms with E-state index in [0.29, 0.717) is 22.4 Å². The number of amides is 1. The van der Waals surface area contributed by atoms with E-state index in [1.54, 1.807) is 23.9 Å². The van der Waals surface area contributed by atoms with E-state index in [9.17, 15) is 9.90 Å². The van der Waals surface area contributed by atoms with Crippen molar-refractivity contribution in [1.82, 2.24) is 14.8 Å². The molecule has 0 saturated carbocycles. The number of hydrogen-bond donors (Lipinski definition) is 2. The largest absolute Gasteiger partial charge is 0.502 e. The van der Waals surface area contributed by atoms with Crippen LogP contribution in [-0.2, 0) is 4.79 Å². The van der Waals surface area contributed by atoms with Gasteiger partial charge in [0.2, 0.25) is 16.8 Å². The summed E-state index contributed by atoms with van der Waals surface area (Å²) in [6.07, 6.45) is 0. The van der Waals surface area contributed by atoms with Crippen LogP contribution in [0.2, 0.25) is 0 Å². The summed E-state index contributed by atoms with van der Waals surface area (Å²) < 4.78 is 18.7. The van der Waals surface area contributed by atoms with Gasteiger partial charge in [0.05, 0.1) is 48.2 Å². The Bertz CT molecular complexity index is 1390. The second kappa shape index (κ2) is 8.73. The fraction of sp³-hybridized carbons (Fsp3) is 0.261. The van der Waals surface area contributed by atoms with Crippen LogP contribution in [0.4, 0.5) is 5.82 Å². The second-order valence-corrected chi connectivity index (χ2v) is 9.71. The monoisotopic (exact) mass is 498 g/mol. The predicted octanol–water partition coefficient (Wildman–Crippen LogP) is 4.30. The quantitative estimate of drug-likeness (QED) is 0.419. The Morgan fingerprint density at radius 1 is 1.12 bits per heavy atom. The highest BCUT2D eigenvalue weighted by Crippen LogP contribution is 2.48. The van der Waals surface area contributed by atoms with E-state index in [0.717, 1.165) is 32.8 Å². The molecule has 4 aromatic rings. The molecule has 0 spiro atoms. The zero-order valence-corrected chi connectivity index (χ0v) is 20.5. The first-order valence-corrected chi connectivity index (χ1v) is 12.2. The Morgan fingerprint density at radius 3 is 2.53 bits per heavy atom. The molecule has 5 rings (SSSR count). The van der Waals surface area contributed by atoms with Gasteiger partial charge >= 0.3 is 0 Å². The summed E-state index contributed by atoms with van der Waals surface area (Å²) >= 11 is 2.94. The van der Waals surface area contributed by atoms with Crippen molar-refractivity contribution in [1.29, 1.82) is 0 Å². The van der Waals surface area contributed by atoms with Gasteiger partial charge in [0, 0.05) is 5.56 Å². The first-order chi connectivity index (χ1) is 16.4. The Balaban J connectivity index is 1.67. The summed E-state index contributed by atoms with van der Waals surface area (Å²) in [6, 6.07) is 9.21. The summed E-state index contributed by atoms with van der Waals surface area (Å²) in [5, 5.41) is 18.5. The number of aromatic hydroxyl groups is 1. The number of nitrogens with zero attached hydrogens (tertiary/aromatic N) is 3. The van der Waals surface area contributed by atoms with Gasteiger partial charge in [-0.2, -0.15) is 9.78 Å². The molecular weight excluding hydrogens is 476 g/mol. The summed E-state index contributed by atoms with van der Waals surface area (Å²) in [5.74, 6) is 1.97. The maximum Gasteiger partial charge on any atom is 0.235 e. The molecule has 1 amide bonds. The van der Waals surface area contributed by atoms with Gasteiger partial charge in [-0.05, 0) is 42.8 Å². The number of anilines is 1. The van der Waals surface area contributed by atoms with E-state index in [4.69, 9.17) is 24.3 Å². The van der Waals surface area contributed by atoms with Crippen LogP contribution in [0, 0.1) is 6.92 Å². The molecule has 1 aliphatic heterocycles. The van der Waals surface area contributed by atoms with Crippen LogP contribution < -0.4 is 19.5 Å². The van der Waals surface area contributed by atoms with Gasteiger partial charge < -0.3 is 24.6 Å². The molecular formula is C23H22N4O5S2. The third-order valence-electron chi connectivity index (χ3n) is 5.58. The van der Waals surface area contributed by atoms with Crippen LogP contribution >= 0.6 is 23.1 Å². The SMILES string of the molecule is COc1ccc2nc(-n3nc(C)c4c3NC(=O)CSC4c3cc(OC)c(O)c(OC)c3)sc2c1. The Hall–Kier alpha value is -3.44. The molecule has 0 bridgehead atoms. The van der Waals surface area contributed by atoms with Crippen LogP contribution in [0.15, 0.2) is 30.3 Å². The molecule has 1 unspecified atom stereocenters. The Morgan fingerprint density at radius 2 is 1.85 bits per heavy atom. The highest BCUT2D eigenvalue weighted by atomic mass is 32.2. The van der Waals surface area contributed by atoms with Crippen molar-refractivity contribution < 1.29 is 24.1 Å². The average Bonchev–Trinajstić information content (AvgIpc) is 3.34. The fourth-order valence-electron chi connectivity index (χ4n) is 3.96. The number of aryl methyl sites for hydroxylation is 1. The number of carbonyl (C=O) groups is 1. The number of rotatable bonds is 5. The molecule has 2 aromatic carbocycles. The maximum atomic E-state index is 12.7. The molecule has 0 radical (unpaired) electrons. The molecule has 176 valence electrons. The van der Waals surface area contributed by atoms with Crippen LogP contribution in [0.5, 0.6) is 23.0 Å². The minimum atomic E-state index is -0.249. The minimum Gasteiger partial charge on any atom is -0.502 e. The van der Waals surface area contributed by atoms with Gasteiger partial charge in [0.15, 0.2) is 11.5 Å². The molecule has 3 heterocycles. The van der Waals surface area contributed by atoms with Crippen molar-refractivity contribution in [3.05, 3.63) is 47.2 Å². The van der Waals surface area contributed by atoms with Gasteiger partial charge in [0.1, 0.15) is 11.6 Å². The standard InChI is InChI=1S/C23H22N4O5S2/c1-11-19-21(12-7-15(31-3)20(29)16(8-12)32-4)33-10-18(28)25-22(19)27(26-11)23-24-14-6-5-13(30-2)9-17(14)34-23/h5-9,21,29H,10H2,1-4H3,(H,25,28). The normalized spacial score (nSPS) is 15.5. The molecule has 1 atom stereocenters. The lowest BCUT2D eigenvalue weighted by Crippen LogP contribution is -2.15. The molecule has 1 aliphatic rings. The van der Waals surface area contributed by atoms with Gasteiger partial charge in [-0.1, -0.05) is 11.3 Å². The molecule has 34 heavy (non-hydrogen) atoms. The number of methoxy groups -OCH3 is 3. The number of carbonyl (C=O) groups excluding carboxylic acids is 1. The third-order valence-corrected chi connectivity index (χ3v) is 7.84. The number of phenols is 1. The van der Waals surface area contributed by atoms with Gasteiger partial charge in [0.25, 0.3) is 0 Å². The van der Waals surface area contributed by atoms with E-state index in [1.165, 1.54) is 37.3 Å². The number of hydrogen-bond acceptors (Lipinski definition) is 9. The van der Waals surface area contributed by atoms with Crippen LogP contribution in [0.1, 0.15) is 22.1 Å². The van der Waals surface area contributed by atoms with Gasteiger partial charge in [-0.3, -0.25) is 4.79 Å². The Kier molecular flexibility index (Phi) is 5.74. The van der Waals surface area contributed by atoms with Crippen molar-refractivity contribution in [3.8, 4) is 28.1 Å². The zero-order chi connectivity index (χ0) is 24.0. The highest BCUT2D eigenvalue weighted by Gasteiger charge is 2.32. The Labute approximate surface area is 203 Å². The minimum absolute atomic E-state index is 0.0703. The summed E-state index contributed by atoms with van der Waals surface area (Å²) in [7, 11) is 4.60. The van der Waals surface area contributed by atoms with Crippen LogP contribution in [0.25, 0.3) is 15.3 Å². The summed E-state index contributed by atoms with van der Waals surface area (Å²) in [4.78, 5) is 17.4. The maximum absolute atomic E-state index is 12.7. The lowest BCUT2D eigenvalue weighted by molar-refractivity contribution is -0.113. The van der Waals surface area contributed by atoms with Crippen molar-refractivity contribution >= 4 is 45.0 Å². The average molecular weight is 499 g/mol. The van der Waals surface area contributed by atoms with Crippen molar-refractivity contribution in [2.45, 2.75) is 12.2 Å². The van der Waals surface area contributed by atoms with E-state index in [2.05, 4.69) is 5.32 Å². The van der Waals surface area contributed by atoms with E-state index >= 15 is 0 Å². The number of benzene rings is 2. The summed E-state index contributed by atoms with van der Waals surface area (Å²) in [5.41, 5.74) is 3.27. The van der Waals surface area contributed by atoms with Crippen LogP contribution in [-0.4, -0.2) is 52.9 Å². The fourth-order valence-corrected chi connectivity index (χ4v) is 6.08. The number of thiazole rings is 1. The first kappa shape index (κ1) is 22.4. The van der Waals surface area contributed by atoms with E-state index in [-0.39, 0.29) is 22.7 Å². The lowest BCUT2D eigenvalue weighted by Gasteiger charge is -2.18. The molecule has 0 aliphatic carbocycles. The third kappa shape index (κ3) is 3.70. The topological polar surface area (TPSA) is 108 Å². The zero-order valence-electron chi connectivity index (χ0n) is 18.9. The summed E-state index contributed by atoms with van der Waals surface area (Å²) in [6.45, 7) is 1.91. The van der Waals surface area contributed by atoms with Crippen molar-refractivity contribution in [2.75, 3.05) is 32.4 Å². The number of fused-ring (bicyclic) bond motifs is 2. The molecule has 9 nitrogen and oxygen atoms in total. The number of ether oxygens (including phenoxy) is 3. The highest BCUT2D eigenvalue weighted by molar-refractivity contribution is 8.00. The van der Waals surface area contributed by atoms with E-state index in [1.807, 2.05) is 25.1 Å². The van der Waals surface area contributed by atoms with E-state index < -0.39 is 0 Å². The number of phenolic OH excluding ortho intramolecular Hbond substituents is 1. The van der Waals surface area contributed by atoms with Gasteiger partial charge in [-0.15, -0.1) is 11.8 Å². The molecule has 0 fully saturated rings.